The van der Waals surface area contributed by atoms with Crippen molar-refractivity contribution in [3.05, 3.63) is 29.8 Å². The van der Waals surface area contributed by atoms with Crippen molar-refractivity contribution in [1.29, 1.82) is 0 Å². The van der Waals surface area contributed by atoms with E-state index in [1.807, 2.05) is 0 Å². The molecular formula is C15H21N3O2. The Hall–Kier alpha value is -2.04. The lowest BCUT2D eigenvalue weighted by molar-refractivity contribution is 0.0921. The second kappa shape index (κ2) is 6.41. The van der Waals surface area contributed by atoms with Crippen LogP contribution in [0.15, 0.2) is 24.3 Å². The fraction of sp³-hybridized carbons (Fsp3) is 0.467. The summed E-state index contributed by atoms with van der Waals surface area (Å²) in [5.41, 5.74) is 6.21. The maximum absolute atomic E-state index is 12.1. The topological polar surface area (TPSA) is 84.2 Å². The Kier molecular flexibility index (Phi) is 4.61. The molecule has 0 aromatic heterocycles. The van der Waals surface area contributed by atoms with Crippen LogP contribution in [0.25, 0.3) is 0 Å². The average Bonchev–Trinajstić information content (AvgIpc) is 2.38. The summed E-state index contributed by atoms with van der Waals surface area (Å²) in [6.07, 6.45) is 4.53. The van der Waals surface area contributed by atoms with Crippen LogP contribution >= 0.6 is 0 Å². The van der Waals surface area contributed by atoms with E-state index >= 15 is 0 Å². The molecule has 0 bridgehead atoms. The summed E-state index contributed by atoms with van der Waals surface area (Å²) in [5, 5.41) is 5.54. The Morgan fingerprint density at radius 3 is 2.50 bits per heavy atom. The fourth-order valence-corrected chi connectivity index (χ4v) is 2.68. The Balaban J connectivity index is 1.93. The predicted octanol–water partition coefficient (Wildman–Crippen LogP) is 2.49. The second-order valence-corrected chi connectivity index (χ2v) is 5.51. The minimum atomic E-state index is -0.613. The number of anilines is 1. The van der Waals surface area contributed by atoms with Gasteiger partial charge in [0.15, 0.2) is 0 Å². The number of carbonyl (C=O) groups is 2. The molecule has 5 nitrogen and oxygen atoms in total. The van der Waals surface area contributed by atoms with E-state index in [2.05, 4.69) is 17.6 Å². The summed E-state index contributed by atoms with van der Waals surface area (Å²) in [4.78, 5) is 22.8. The van der Waals surface area contributed by atoms with Gasteiger partial charge in [-0.05, 0) is 43.0 Å². The van der Waals surface area contributed by atoms with E-state index in [1.165, 1.54) is 12.8 Å². The molecule has 5 heteroatoms. The van der Waals surface area contributed by atoms with Crippen LogP contribution in [0.2, 0.25) is 0 Å². The number of amides is 3. The van der Waals surface area contributed by atoms with Gasteiger partial charge in [0.1, 0.15) is 0 Å². The van der Waals surface area contributed by atoms with Crippen LogP contribution in [-0.2, 0) is 0 Å². The molecule has 0 radical (unpaired) electrons. The van der Waals surface area contributed by atoms with Gasteiger partial charge in [0.05, 0.1) is 0 Å². The van der Waals surface area contributed by atoms with E-state index in [0.717, 1.165) is 12.8 Å². The summed E-state index contributed by atoms with van der Waals surface area (Å²) < 4.78 is 0. The van der Waals surface area contributed by atoms with Crippen molar-refractivity contribution >= 4 is 17.6 Å². The lowest BCUT2D eigenvalue weighted by Crippen LogP contribution is -2.37. The van der Waals surface area contributed by atoms with Gasteiger partial charge in [0.2, 0.25) is 0 Å². The van der Waals surface area contributed by atoms with Crippen molar-refractivity contribution in [2.45, 2.75) is 38.6 Å². The van der Waals surface area contributed by atoms with E-state index < -0.39 is 6.03 Å². The largest absolute Gasteiger partial charge is 0.351 e. The molecule has 3 amide bonds. The van der Waals surface area contributed by atoms with Crippen LogP contribution in [0.5, 0.6) is 0 Å². The van der Waals surface area contributed by atoms with Crippen LogP contribution < -0.4 is 16.4 Å². The maximum Gasteiger partial charge on any atom is 0.316 e. The number of nitrogens with one attached hydrogen (secondary N) is 2. The van der Waals surface area contributed by atoms with E-state index in [4.69, 9.17) is 5.73 Å². The number of benzene rings is 1. The molecule has 0 saturated heterocycles. The number of urea groups is 1. The van der Waals surface area contributed by atoms with Crippen LogP contribution in [0, 0.1) is 5.92 Å². The fourth-order valence-electron chi connectivity index (χ4n) is 2.68. The number of carbonyl (C=O) groups excluding carboxylic acids is 2. The molecule has 2 rings (SSSR count). The molecule has 1 fully saturated rings. The van der Waals surface area contributed by atoms with E-state index in [9.17, 15) is 9.59 Å². The molecule has 108 valence electrons. The van der Waals surface area contributed by atoms with Gasteiger partial charge in [0, 0.05) is 17.3 Å². The normalized spacial score (nSPS) is 22.1. The van der Waals surface area contributed by atoms with Gasteiger partial charge in [-0.1, -0.05) is 19.8 Å². The van der Waals surface area contributed by atoms with Crippen molar-refractivity contribution in [2.24, 2.45) is 11.7 Å². The average molecular weight is 275 g/mol. The Morgan fingerprint density at radius 1 is 1.20 bits per heavy atom. The molecule has 2 atom stereocenters. The van der Waals surface area contributed by atoms with Crippen molar-refractivity contribution in [1.82, 2.24) is 5.32 Å². The Morgan fingerprint density at radius 2 is 1.90 bits per heavy atom. The van der Waals surface area contributed by atoms with E-state index in [1.54, 1.807) is 24.3 Å². The zero-order valence-electron chi connectivity index (χ0n) is 11.7. The van der Waals surface area contributed by atoms with Crippen LogP contribution in [-0.4, -0.2) is 18.0 Å². The number of primary amides is 1. The minimum Gasteiger partial charge on any atom is -0.351 e. The third-order valence-electron chi connectivity index (χ3n) is 3.69. The quantitative estimate of drug-likeness (QED) is 0.791. The van der Waals surface area contributed by atoms with Gasteiger partial charge < -0.3 is 16.4 Å². The number of rotatable bonds is 3. The highest BCUT2D eigenvalue weighted by Crippen LogP contribution is 2.23. The lowest BCUT2D eigenvalue weighted by Gasteiger charge is -2.27. The van der Waals surface area contributed by atoms with Gasteiger partial charge in [0.25, 0.3) is 5.91 Å². The first-order valence-corrected chi connectivity index (χ1v) is 7.02. The molecule has 1 saturated carbocycles. The van der Waals surface area contributed by atoms with Gasteiger partial charge in [-0.15, -0.1) is 0 Å². The molecule has 1 aromatic carbocycles. The minimum absolute atomic E-state index is 0.0604. The van der Waals surface area contributed by atoms with E-state index in [0.29, 0.717) is 17.2 Å². The maximum atomic E-state index is 12.1. The number of hydrogen-bond donors (Lipinski definition) is 3. The van der Waals surface area contributed by atoms with Crippen LogP contribution in [0.4, 0.5) is 10.5 Å². The SMILES string of the molecule is CC1CCCC(NC(=O)c2ccc(NC(N)=O)cc2)C1. The standard InChI is InChI=1S/C15H21N3O2/c1-10-3-2-4-13(9-10)17-14(19)11-5-7-12(8-6-11)18-15(16)20/h5-8,10,13H,2-4,9H2,1H3,(H,17,19)(H3,16,18,20). The molecule has 2 unspecified atom stereocenters. The molecule has 4 N–H and O–H groups in total. The van der Waals surface area contributed by atoms with Gasteiger partial charge >= 0.3 is 6.03 Å². The number of nitrogens with two attached hydrogens (primary N) is 1. The summed E-state index contributed by atoms with van der Waals surface area (Å²) >= 11 is 0. The summed E-state index contributed by atoms with van der Waals surface area (Å²) in [6.45, 7) is 2.22. The Labute approximate surface area is 118 Å². The zero-order valence-corrected chi connectivity index (χ0v) is 11.7. The van der Waals surface area contributed by atoms with Crippen LogP contribution in [0.1, 0.15) is 43.0 Å². The van der Waals surface area contributed by atoms with Crippen LogP contribution in [0.3, 0.4) is 0 Å². The first-order chi connectivity index (χ1) is 9.54. The summed E-state index contributed by atoms with van der Waals surface area (Å²) in [6, 6.07) is 6.37. The van der Waals surface area contributed by atoms with Crippen molar-refractivity contribution in [3.8, 4) is 0 Å². The predicted molar refractivity (Wildman–Crippen MR) is 78.5 cm³/mol. The third kappa shape index (κ3) is 3.98. The van der Waals surface area contributed by atoms with Gasteiger partial charge in [-0.25, -0.2) is 4.79 Å². The molecule has 20 heavy (non-hydrogen) atoms. The van der Waals surface area contributed by atoms with Crippen molar-refractivity contribution < 1.29 is 9.59 Å². The first-order valence-electron chi connectivity index (χ1n) is 7.02. The molecular weight excluding hydrogens is 254 g/mol. The highest BCUT2D eigenvalue weighted by molar-refractivity contribution is 5.95. The highest BCUT2D eigenvalue weighted by atomic mass is 16.2. The Bertz CT molecular complexity index is 484. The van der Waals surface area contributed by atoms with Gasteiger partial charge in [-0.3, -0.25) is 4.79 Å². The molecule has 0 spiro atoms. The number of hydrogen-bond acceptors (Lipinski definition) is 2. The smallest absolute Gasteiger partial charge is 0.316 e. The summed E-state index contributed by atoms with van der Waals surface area (Å²) in [5.74, 6) is 0.617. The summed E-state index contributed by atoms with van der Waals surface area (Å²) in [7, 11) is 0. The zero-order chi connectivity index (χ0) is 14.5. The van der Waals surface area contributed by atoms with E-state index in [-0.39, 0.29) is 11.9 Å². The first kappa shape index (κ1) is 14.4. The van der Waals surface area contributed by atoms with Crippen molar-refractivity contribution in [3.63, 3.8) is 0 Å². The highest BCUT2D eigenvalue weighted by Gasteiger charge is 2.20. The second-order valence-electron chi connectivity index (χ2n) is 5.51. The monoisotopic (exact) mass is 275 g/mol. The molecule has 1 aliphatic rings. The molecule has 0 heterocycles. The molecule has 0 aliphatic heterocycles. The van der Waals surface area contributed by atoms with Gasteiger partial charge in [-0.2, -0.15) is 0 Å². The third-order valence-corrected chi connectivity index (χ3v) is 3.69. The van der Waals surface area contributed by atoms with Crippen molar-refractivity contribution in [2.75, 3.05) is 5.32 Å². The lowest BCUT2D eigenvalue weighted by atomic mass is 9.87. The molecule has 1 aliphatic carbocycles. The molecule has 1 aromatic rings.